The van der Waals surface area contributed by atoms with E-state index in [1.807, 2.05) is 0 Å². The minimum atomic E-state index is -3.49. The number of unbranched alkanes of at least 4 members (excludes halogenated alkanes) is 1. The van der Waals surface area contributed by atoms with E-state index in [4.69, 9.17) is 4.74 Å². The predicted octanol–water partition coefficient (Wildman–Crippen LogP) is 3.70. The third-order valence-electron chi connectivity index (χ3n) is 2.58. The molecule has 1 N–H and O–H groups in total. The zero-order valence-corrected chi connectivity index (χ0v) is 15.4. The first kappa shape index (κ1) is 18.1. The fourth-order valence-electron chi connectivity index (χ4n) is 1.49. The van der Waals surface area contributed by atoms with Gasteiger partial charge in [0, 0.05) is 28.7 Å². The second kappa shape index (κ2) is 9.15. The summed E-state index contributed by atoms with van der Waals surface area (Å²) < 4.78 is 33.5. The van der Waals surface area contributed by atoms with Crippen LogP contribution in [0.15, 0.2) is 32.0 Å². The van der Waals surface area contributed by atoms with Crippen LogP contribution >= 0.6 is 31.9 Å². The molecule has 20 heavy (non-hydrogen) atoms. The summed E-state index contributed by atoms with van der Waals surface area (Å²) in [5, 5.41) is 0. The van der Waals surface area contributed by atoms with Gasteiger partial charge in [0.25, 0.3) is 0 Å². The Morgan fingerprint density at radius 3 is 2.60 bits per heavy atom. The van der Waals surface area contributed by atoms with Crippen molar-refractivity contribution in [2.45, 2.75) is 31.1 Å². The summed E-state index contributed by atoms with van der Waals surface area (Å²) in [7, 11) is -3.49. The lowest BCUT2D eigenvalue weighted by atomic mass is 10.4. The molecule has 0 atom stereocenters. The predicted molar refractivity (Wildman–Crippen MR) is 87.4 cm³/mol. The van der Waals surface area contributed by atoms with E-state index in [0.29, 0.717) is 24.0 Å². The molecule has 0 aromatic heterocycles. The van der Waals surface area contributed by atoms with Gasteiger partial charge in [-0.1, -0.05) is 29.3 Å². The number of hydrogen-bond acceptors (Lipinski definition) is 3. The molecule has 0 aliphatic carbocycles. The van der Waals surface area contributed by atoms with Crippen molar-refractivity contribution >= 4 is 41.9 Å². The second-order valence-electron chi connectivity index (χ2n) is 4.29. The van der Waals surface area contributed by atoms with E-state index in [1.165, 1.54) is 0 Å². The van der Waals surface area contributed by atoms with Crippen molar-refractivity contribution in [3.05, 3.63) is 27.1 Å². The Morgan fingerprint density at radius 2 is 1.90 bits per heavy atom. The number of halogens is 2. The minimum absolute atomic E-state index is 0.235. The second-order valence-corrected chi connectivity index (χ2v) is 7.80. The molecule has 114 valence electrons. The highest BCUT2D eigenvalue weighted by atomic mass is 79.9. The van der Waals surface area contributed by atoms with E-state index >= 15 is 0 Å². The smallest absolute Gasteiger partial charge is 0.241 e. The molecule has 1 aromatic carbocycles. The molecule has 0 heterocycles. The van der Waals surface area contributed by atoms with Crippen molar-refractivity contribution in [2.24, 2.45) is 0 Å². The van der Waals surface area contributed by atoms with Crippen molar-refractivity contribution in [1.82, 2.24) is 4.72 Å². The zero-order valence-electron chi connectivity index (χ0n) is 11.4. The first-order chi connectivity index (χ1) is 9.47. The number of nitrogens with one attached hydrogen (secondary N) is 1. The highest BCUT2D eigenvalue weighted by Gasteiger charge is 2.17. The van der Waals surface area contributed by atoms with Crippen LogP contribution in [-0.2, 0) is 14.8 Å². The van der Waals surface area contributed by atoms with Gasteiger partial charge in [-0.2, -0.15) is 0 Å². The van der Waals surface area contributed by atoms with Crippen LogP contribution in [0.1, 0.15) is 26.2 Å². The highest BCUT2D eigenvalue weighted by Crippen LogP contribution is 2.25. The van der Waals surface area contributed by atoms with Crippen molar-refractivity contribution in [2.75, 3.05) is 19.8 Å². The van der Waals surface area contributed by atoms with E-state index in [1.54, 1.807) is 18.2 Å². The first-order valence-corrected chi connectivity index (χ1v) is 9.56. The topological polar surface area (TPSA) is 55.4 Å². The number of ether oxygens (including phenoxy) is 1. The Labute approximate surface area is 137 Å². The minimum Gasteiger partial charge on any atom is -0.381 e. The molecule has 0 aliphatic rings. The van der Waals surface area contributed by atoms with Crippen LogP contribution in [0.2, 0.25) is 0 Å². The third-order valence-corrected chi connectivity index (χ3v) is 5.53. The maximum absolute atomic E-state index is 12.1. The van der Waals surface area contributed by atoms with Gasteiger partial charge in [0.2, 0.25) is 10.0 Å². The van der Waals surface area contributed by atoms with Gasteiger partial charge in [-0.25, -0.2) is 13.1 Å². The molecule has 0 bridgehead atoms. The molecule has 0 amide bonds. The van der Waals surface area contributed by atoms with Crippen LogP contribution < -0.4 is 4.72 Å². The molecular formula is C13H19Br2NO3S. The van der Waals surface area contributed by atoms with E-state index in [2.05, 4.69) is 43.5 Å². The normalized spacial score (nSPS) is 11.8. The quantitative estimate of drug-likeness (QED) is 0.610. The van der Waals surface area contributed by atoms with Crippen LogP contribution in [-0.4, -0.2) is 28.2 Å². The van der Waals surface area contributed by atoms with Crippen LogP contribution in [0, 0.1) is 0 Å². The van der Waals surface area contributed by atoms with E-state index in [0.717, 1.165) is 23.9 Å². The summed E-state index contributed by atoms with van der Waals surface area (Å²) in [5.41, 5.74) is 0. The number of benzene rings is 1. The van der Waals surface area contributed by atoms with Gasteiger partial charge < -0.3 is 4.74 Å². The maximum Gasteiger partial charge on any atom is 0.241 e. The zero-order chi connectivity index (χ0) is 15.0. The monoisotopic (exact) mass is 427 g/mol. The summed E-state index contributed by atoms with van der Waals surface area (Å²) in [4.78, 5) is 0.235. The van der Waals surface area contributed by atoms with Crippen molar-refractivity contribution in [1.29, 1.82) is 0 Å². The molecule has 1 aromatic rings. The largest absolute Gasteiger partial charge is 0.381 e. The highest BCUT2D eigenvalue weighted by molar-refractivity contribution is 9.11. The lowest BCUT2D eigenvalue weighted by Gasteiger charge is -2.09. The molecular weight excluding hydrogens is 410 g/mol. The van der Waals surface area contributed by atoms with Crippen LogP contribution in [0.5, 0.6) is 0 Å². The van der Waals surface area contributed by atoms with Gasteiger partial charge in [0.05, 0.1) is 4.90 Å². The average Bonchev–Trinajstić information content (AvgIpc) is 2.40. The fourth-order valence-corrected chi connectivity index (χ4v) is 4.06. The Morgan fingerprint density at radius 1 is 1.20 bits per heavy atom. The third kappa shape index (κ3) is 6.22. The van der Waals surface area contributed by atoms with Crippen molar-refractivity contribution < 1.29 is 13.2 Å². The van der Waals surface area contributed by atoms with E-state index < -0.39 is 10.0 Å². The van der Waals surface area contributed by atoms with Crippen LogP contribution in [0.25, 0.3) is 0 Å². The SMILES string of the molecule is CCCCOCCCNS(=O)(=O)c1cc(Br)ccc1Br. The molecule has 7 heteroatoms. The molecule has 0 spiro atoms. The average molecular weight is 429 g/mol. The number of sulfonamides is 1. The Bertz CT molecular complexity index is 520. The molecule has 0 unspecified atom stereocenters. The van der Waals surface area contributed by atoms with Gasteiger partial charge in [-0.15, -0.1) is 0 Å². The van der Waals surface area contributed by atoms with Gasteiger partial charge in [-0.05, 0) is 47.0 Å². The maximum atomic E-state index is 12.1. The van der Waals surface area contributed by atoms with Gasteiger partial charge in [0.1, 0.15) is 0 Å². The lowest BCUT2D eigenvalue weighted by molar-refractivity contribution is 0.130. The summed E-state index contributed by atoms with van der Waals surface area (Å²) >= 11 is 6.53. The van der Waals surface area contributed by atoms with Gasteiger partial charge >= 0.3 is 0 Å². The molecule has 0 fully saturated rings. The van der Waals surface area contributed by atoms with E-state index in [9.17, 15) is 8.42 Å². The van der Waals surface area contributed by atoms with Gasteiger partial charge in [0.15, 0.2) is 0 Å². The molecule has 1 rings (SSSR count). The summed E-state index contributed by atoms with van der Waals surface area (Å²) in [5.74, 6) is 0. The standard InChI is InChI=1S/C13H19Br2NO3S/c1-2-3-8-19-9-4-7-16-20(17,18)13-10-11(14)5-6-12(13)15/h5-6,10,16H,2-4,7-9H2,1H3. The fraction of sp³-hybridized carbons (Fsp3) is 0.538. The molecule has 4 nitrogen and oxygen atoms in total. The van der Waals surface area contributed by atoms with Crippen LogP contribution in [0.3, 0.4) is 0 Å². The Kier molecular flexibility index (Phi) is 8.28. The van der Waals surface area contributed by atoms with Gasteiger partial charge in [-0.3, -0.25) is 0 Å². The van der Waals surface area contributed by atoms with E-state index in [-0.39, 0.29) is 4.90 Å². The number of hydrogen-bond donors (Lipinski definition) is 1. The Balaban J connectivity index is 2.44. The molecule has 0 radical (unpaired) electrons. The lowest BCUT2D eigenvalue weighted by Crippen LogP contribution is -2.26. The Hall–Kier alpha value is 0.0500. The summed E-state index contributed by atoms with van der Waals surface area (Å²) in [6, 6.07) is 5.06. The first-order valence-electron chi connectivity index (χ1n) is 6.50. The molecule has 0 aliphatic heterocycles. The van der Waals surface area contributed by atoms with Crippen LogP contribution in [0.4, 0.5) is 0 Å². The van der Waals surface area contributed by atoms with Crippen molar-refractivity contribution in [3.63, 3.8) is 0 Å². The molecule has 0 saturated heterocycles. The van der Waals surface area contributed by atoms with Crippen molar-refractivity contribution in [3.8, 4) is 0 Å². The number of rotatable bonds is 9. The summed E-state index contributed by atoms with van der Waals surface area (Å²) in [6.07, 6.45) is 2.80. The molecule has 0 saturated carbocycles. The summed E-state index contributed by atoms with van der Waals surface area (Å²) in [6.45, 7) is 3.78.